The molecular formula is C5H4F8. The summed E-state index contributed by atoms with van der Waals surface area (Å²) in [6.45, 7) is -2.46. The molecule has 0 heterocycles. The largest absolute Gasteiger partial charge is 0.431 e. The van der Waals surface area contributed by atoms with Gasteiger partial charge >= 0.3 is 6.18 Å². The lowest BCUT2D eigenvalue weighted by Gasteiger charge is -2.28. The van der Waals surface area contributed by atoms with Gasteiger partial charge in [-0.25, -0.2) is 22.0 Å². The second-order valence-corrected chi connectivity index (χ2v) is 2.19. The van der Waals surface area contributed by atoms with Gasteiger partial charge in [-0.1, -0.05) is 0 Å². The first kappa shape index (κ1) is 12.4. The van der Waals surface area contributed by atoms with Gasteiger partial charge in [-0.15, -0.1) is 0 Å². The van der Waals surface area contributed by atoms with Crippen molar-refractivity contribution in [1.82, 2.24) is 0 Å². The maximum Gasteiger partial charge on any atom is 0.431 e. The lowest BCUT2D eigenvalue weighted by atomic mass is 10.0. The molecule has 0 saturated heterocycles. The fourth-order valence-corrected chi connectivity index (χ4v) is 0.550. The maximum atomic E-state index is 12.3. The maximum absolute atomic E-state index is 12.3. The fraction of sp³-hybridized carbons (Fsp3) is 1.00. The number of hydrogen-bond acceptors (Lipinski definition) is 0. The smallest absolute Gasteiger partial charge is 0.248 e. The lowest BCUT2D eigenvalue weighted by molar-refractivity contribution is -0.288. The minimum absolute atomic E-state index is 2.46. The first-order chi connectivity index (χ1) is 5.67. The van der Waals surface area contributed by atoms with Crippen molar-refractivity contribution < 1.29 is 35.1 Å². The molecule has 0 aliphatic carbocycles. The lowest BCUT2D eigenvalue weighted by Crippen LogP contribution is -2.55. The number of rotatable bonds is 3. The monoisotopic (exact) mass is 216 g/mol. The minimum atomic E-state index is -6.13. The molecule has 0 bridgehead atoms. The van der Waals surface area contributed by atoms with Gasteiger partial charge in [-0.3, -0.25) is 0 Å². The van der Waals surface area contributed by atoms with E-state index in [1.165, 1.54) is 0 Å². The number of alkyl halides is 8. The van der Waals surface area contributed by atoms with Crippen LogP contribution in [0.15, 0.2) is 0 Å². The summed E-state index contributed by atoms with van der Waals surface area (Å²) in [5.74, 6) is 0. The average molecular weight is 216 g/mol. The zero-order valence-corrected chi connectivity index (χ0v) is 5.89. The molecule has 0 aliphatic rings. The van der Waals surface area contributed by atoms with E-state index in [0.717, 1.165) is 0 Å². The molecule has 2 atom stereocenters. The van der Waals surface area contributed by atoms with Crippen molar-refractivity contribution in [2.24, 2.45) is 0 Å². The normalized spacial score (nSPS) is 20.1. The van der Waals surface area contributed by atoms with Crippen molar-refractivity contribution >= 4 is 0 Å². The van der Waals surface area contributed by atoms with Crippen molar-refractivity contribution in [1.29, 1.82) is 0 Å². The van der Waals surface area contributed by atoms with Crippen LogP contribution in [0.5, 0.6) is 0 Å². The van der Waals surface area contributed by atoms with Gasteiger partial charge in [0.15, 0.2) is 6.17 Å². The summed E-state index contributed by atoms with van der Waals surface area (Å²) in [5, 5.41) is 0. The van der Waals surface area contributed by atoms with Crippen molar-refractivity contribution in [2.75, 3.05) is 6.67 Å². The van der Waals surface area contributed by atoms with Gasteiger partial charge in [0.25, 0.3) is 12.1 Å². The van der Waals surface area contributed by atoms with E-state index in [2.05, 4.69) is 0 Å². The van der Waals surface area contributed by atoms with Crippen LogP contribution in [0.1, 0.15) is 0 Å². The van der Waals surface area contributed by atoms with Gasteiger partial charge in [-0.05, 0) is 0 Å². The summed E-state index contributed by atoms with van der Waals surface area (Å²) in [6, 6.07) is 0. The van der Waals surface area contributed by atoms with Crippen molar-refractivity contribution in [3.8, 4) is 0 Å². The van der Waals surface area contributed by atoms with Crippen LogP contribution >= 0.6 is 0 Å². The SMILES string of the molecule is FCC(F)C(F)(C(F)F)C(F)(F)F. The Morgan fingerprint density at radius 2 is 1.31 bits per heavy atom. The zero-order valence-electron chi connectivity index (χ0n) is 5.89. The van der Waals surface area contributed by atoms with E-state index in [9.17, 15) is 35.1 Å². The fourth-order valence-electron chi connectivity index (χ4n) is 0.550. The molecule has 0 amide bonds. The summed E-state index contributed by atoms with van der Waals surface area (Å²) in [4.78, 5) is 0. The Morgan fingerprint density at radius 1 is 0.923 bits per heavy atom. The Hall–Kier alpha value is -0.560. The summed E-state index contributed by atoms with van der Waals surface area (Å²) in [5.41, 5.74) is -5.43. The topological polar surface area (TPSA) is 0 Å². The van der Waals surface area contributed by atoms with Crippen molar-refractivity contribution in [3.63, 3.8) is 0 Å². The van der Waals surface area contributed by atoms with Crippen LogP contribution in [0, 0.1) is 0 Å². The predicted octanol–water partition coefficient (Wildman–Crippen LogP) is 2.83. The third-order valence-electron chi connectivity index (χ3n) is 1.34. The van der Waals surface area contributed by atoms with Crippen molar-refractivity contribution in [2.45, 2.75) is 24.4 Å². The molecule has 0 radical (unpaired) electrons. The average Bonchev–Trinajstić information content (AvgIpc) is 1.98. The van der Waals surface area contributed by atoms with E-state index in [4.69, 9.17) is 0 Å². The molecule has 0 fully saturated rings. The highest BCUT2D eigenvalue weighted by Crippen LogP contribution is 2.42. The molecule has 0 saturated carbocycles. The van der Waals surface area contributed by atoms with Crippen LogP contribution in [0.2, 0.25) is 0 Å². The van der Waals surface area contributed by atoms with Gasteiger partial charge in [0.1, 0.15) is 6.67 Å². The van der Waals surface area contributed by atoms with Crippen LogP contribution in [0.25, 0.3) is 0 Å². The molecule has 0 rings (SSSR count). The van der Waals surface area contributed by atoms with Gasteiger partial charge < -0.3 is 0 Å². The molecular weight excluding hydrogens is 212 g/mol. The van der Waals surface area contributed by atoms with Crippen LogP contribution in [-0.2, 0) is 0 Å². The molecule has 0 spiro atoms. The van der Waals surface area contributed by atoms with E-state index in [-0.39, 0.29) is 0 Å². The quantitative estimate of drug-likeness (QED) is 0.636. The molecule has 80 valence electrons. The van der Waals surface area contributed by atoms with E-state index in [1.54, 1.807) is 0 Å². The Morgan fingerprint density at radius 3 is 1.38 bits per heavy atom. The third-order valence-corrected chi connectivity index (χ3v) is 1.34. The predicted molar refractivity (Wildman–Crippen MR) is 26.8 cm³/mol. The minimum Gasteiger partial charge on any atom is -0.248 e. The first-order valence-corrected chi connectivity index (χ1v) is 2.91. The third kappa shape index (κ3) is 2.02. The van der Waals surface area contributed by atoms with Gasteiger partial charge in [0.2, 0.25) is 0 Å². The van der Waals surface area contributed by atoms with E-state index >= 15 is 0 Å². The molecule has 13 heavy (non-hydrogen) atoms. The van der Waals surface area contributed by atoms with Crippen LogP contribution < -0.4 is 0 Å². The van der Waals surface area contributed by atoms with Crippen LogP contribution in [0.3, 0.4) is 0 Å². The molecule has 0 nitrogen and oxygen atoms in total. The van der Waals surface area contributed by atoms with Gasteiger partial charge in [-0.2, -0.15) is 13.2 Å². The van der Waals surface area contributed by atoms with Crippen LogP contribution in [0.4, 0.5) is 35.1 Å². The van der Waals surface area contributed by atoms with Crippen LogP contribution in [-0.4, -0.2) is 31.1 Å². The molecule has 0 aromatic rings. The Labute approximate surface area is 67.5 Å². The Kier molecular flexibility index (Phi) is 3.51. The highest BCUT2D eigenvalue weighted by atomic mass is 19.4. The Balaban J connectivity index is 4.96. The standard InChI is InChI=1S/C5H4F8/c6-1-2(7)4(10,3(8)9)5(11,12)13/h2-3H,1H2. The van der Waals surface area contributed by atoms with Crippen molar-refractivity contribution in [3.05, 3.63) is 0 Å². The van der Waals surface area contributed by atoms with E-state index in [0.29, 0.717) is 0 Å². The highest BCUT2D eigenvalue weighted by molar-refractivity contribution is 4.96. The molecule has 8 heteroatoms. The summed E-state index contributed by atoms with van der Waals surface area (Å²) >= 11 is 0. The summed E-state index contributed by atoms with van der Waals surface area (Å²) < 4.78 is 93.2. The second-order valence-electron chi connectivity index (χ2n) is 2.19. The Bertz CT molecular complexity index is 162. The molecule has 0 aliphatic heterocycles. The number of hydrogen-bond donors (Lipinski definition) is 0. The molecule has 2 unspecified atom stereocenters. The summed E-state index contributed by atoms with van der Waals surface area (Å²) in [6.07, 6.45) is -14.7. The van der Waals surface area contributed by atoms with E-state index in [1.807, 2.05) is 0 Å². The number of halogens is 8. The molecule has 0 aromatic heterocycles. The van der Waals surface area contributed by atoms with Gasteiger partial charge in [0, 0.05) is 0 Å². The zero-order chi connectivity index (χ0) is 10.9. The highest BCUT2D eigenvalue weighted by Gasteiger charge is 2.68. The summed E-state index contributed by atoms with van der Waals surface area (Å²) in [7, 11) is 0. The molecule has 0 aromatic carbocycles. The van der Waals surface area contributed by atoms with E-state index < -0.39 is 31.1 Å². The van der Waals surface area contributed by atoms with Gasteiger partial charge in [0.05, 0.1) is 0 Å². The molecule has 0 N–H and O–H groups in total. The second kappa shape index (κ2) is 3.67. The first-order valence-electron chi connectivity index (χ1n) is 2.91.